The third kappa shape index (κ3) is 2.98. The van der Waals surface area contributed by atoms with Crippen LogP contribution in [0.5, 0.6) is 0 Å². The molecule has 112 valence electrons. The van der Waals surface area contributed by atoms with E-state index in [4.69, 9.17) is 5.26 Å². The molecule has 23 heavy (non-hydrogen) atoms. The van der Waals surface area contributed by atoms with Crippen LogP contribution in [0.1, 0.15) is 24.5 Å². The molecule has 1 aromatic heterocycles. The summed E-state index contributed by atoms with van der Waals surface area (Å²) < 4.78 is 0. The van der Waals surface area contributed by atoms with Crippen LogP contribution in [0.3, 0.4) is 0 Å². The molecule has 0 aliphatic carbocycles. The molecule has 1 aliphatic heterocycles. The predicted octanol–water partition coefficient (Wildman–Crippen LogP) is 2.70. The fourth-order valence-corrected chi connectivity index (χ4v) is 2.80. The Morgan fingerprint density at radius 3 is 2.96 bits per heavy atom. The van der Waals surface area contributed by atoms with Crippen molar-refractivity contribution in [1.82, 2.24) is 4.98 Å². The summed E-state index contributed by atoms with van der Waals surface area (Å²) in [5.41, 5.74) is 2.41. The lowest BCUT2D eigenvalue weighted by molar-refractivity contribution is -0.121. The van der Waals surface area contributed by atoms with Gasteiger partial charge < -0.3 is 0 Å². The Bertz CT molecular complexity index is 896. The largest absolute Gasteiger partial charge is 0.297 e. The number of fused-ring (bicyclic) bond motifs is 1. The molecule has 0 radical (unpaired) electrons. The van der Waals surface area contributed by atoms with Crippen molar-refractivity contribution in [2.45, 2.75) is 25.8 Å². The molecule has 2 unspecified atom stereocenters. The average Bonchev–Trinajstić information content (AvgIpc) is 2.93. The summed E-state index contributed by atoms with van der Waals surface area (Å²) in [5.74, 6) is 5.65. The highest BCUT2D eigenvalue weighted by molar-refractivity contribution is 6.03. The van der Waals surface area contributed by atoms with E-state index >= 15 is 0 Å². The third-order valence-electron chi connectivity index (χ3n) is 4.01. The van der Waals surface area contributed by atoms with Gasteiger partial charge in [0, 0.05) is 24.2 Å². The quantitative estimate of drug-likeness (QED) is 0.819. The second-order valence-electron chi connectivity index (χ2n) is 5.47. The molecule has 0 amide bonds. The second kappa shape index (κ2) is 6.42. The lowest BCUT2D eigenvalue weighted by atomic mass is 9.92. The van der Waals surface area contributed by atoms with Gasteiger partial charge >= 0.3 is 0 Å². The minimum Gasteiger partial charge on any atom is -0.297 e. The van der Waals surface area contributed by atoms with Crippen LogP contribution in [0.4, 0.5) is 0 Å². The molecule has 0 spiro atoms. The van der Waals surface area contributed by atoms with Gasteiger partial charge in [-0.1, -0.05) is 6.07 Å². The van der Waals surface area contributed by atoms with Crippen LogP contribution in [0.2, 0.25) is 0 Å². The number of pyridine rings is 1. The van der Waals surface area contributed by atoms with E-state index in [0.717, 1.165) is 16.5 Å². The van der Waals surface area contributed by atoms with Crippen molar-refractivity contribution in [3.63, 3.8) is 0 Å². The molecule has 2 aromatic rings. The Morgan fingerprint density at radius 1 is 1.30 bits per heavy atom. The molecule has 0 fully saturated rings. The van der Waals surface area contributed by atoms with Gasteiger partial charge in [-0.15, -0.1) is 11.8 Å². The molecule has 1 aliphatic rings. The standard InChI is InChI=1S/C19H15N3O/c1-2-3-4-17-19(23)15(12-22-17)10-14-7-8-21-18-9-13(11-20)5-6-16(14)18/h5-9,12,15,17H,4,10H2,1H3. The Labute approximate surface area is 134 Å². The lowest BCUT2D eigenvalue weighted by Crippen LogP contribution is -2.22. The first-order chi connectivity index (χ1) is 11.2. The molecule has 1 aromatic carbocycles. The molecule has 4 heteroatoms. The van der Waals surface area contributed by atoms with Gasteiger partial charge in [-0.2, -0.15) is 5.26 Å². The highest BCUT2D eigenvalue weighted by Gasteiger charge is 2.30. The Morgan fingerprint density at radius 2 is 2.17 bits per heavy atom. The van der Waals surface area contributed by atoms with Crippen molar-refractivity contribution in [1.29, 1.82) is 5.26 Å². The zero-order valence-corrected chi connectivity index (χ0v) is 12.8. The van der Waals surface area contributed by atoms with E-state index in [1.165, 1.54) is 0 Å². The summed E-state index contributed by atoms with van der Waals surface area (Å²) in [5, 5.41) is 9.96. The molecular weight excluding hydrogens is 286 g/mol. The molecule has 0 saturated heterocycles. The fourth-order valence-electron chi connectivity index (χ4n) is 2.80. The minimum atomic E-state index is -0.328. The van der Waals surface area contributed by atoms with Gasteiger partial charge in [0.05, 0.1) is 23.1 Å². The topological polar surface area (TPSA) is 66.1 Å². The summed E-state index contributed by atoms with van der Waals surface area (Å²) >= 11 is 0. The number of benzene rings is 1. The summed E-state index contributed by atoms with van der Waals surface area (Å²) in [7, 11) is 0. The summed E-state index contributed by atoms with van der Waals surface area (Å²) in [4.78, 5) is 21.0. The van der Waals surface area contributed by atoms with Crippen LogP contribution in [-0.2, 0) is 11.2 Å². The van der Waals surface area contributed by atoms with Crippen LogP contribution in [0, 0.1) is 29.1 Å². The SMILES string of the molecule is CC#CCC1N=CC(Cc2ccnc3cc(C#N)ccc23)C1=O. The van der Waals surface area contributed by atoms with Crippen molar-refractivity contribution >= 4 is 22.9 Å². The normalized spacial score (nSPS) is 19.4. The smallest absolute Gasteiger partial charge is 0.166 e. The van der Waals surface area contributed by atoms with Crippen molar-refractivity contribution in [2.24, 2.45) is 10.9 Å². The minimum absolute atomic E-state index is 0.131. The van der Waals surface area contributed by atoms with E-state index in [1.807, 2.05) is 12.1 Å². The number of carbonyl (C=O) groups excluding carboxylic acids is 1. The van der Waals surface area contributed by atoms with Crippen LogP contribution in [0.25, 0.3) is 10.9 Å². The molecule has 2 atom stereocenters. The number of Topliss-reactive ketones (excluding diaryl/α,β-unsaturated/α-hetero) is 1. The van der Waals surface area contributed by atoms with Gasteiger partial charge in [0.25, 0.3) is 0 Å². The van der Waals surface area contributed by atoms with Gasteiger partial charge in [-0.25, -0.2) is 0 Å². The van der Waals surface area contributed by atoms with Crippen molar-refractivity contribution in [3.8, 4) is 17.9 Å². The second-order valence-corrected chi connectivity index (χ2v) is 5.47. The molecular formula is C19H15N3O. The first-order valence-electron chi connectivity index (χ1n) is 7.47. The number of aromatic nitrogens is 1. The maximum atomic E-state index is 12.4. The van der Waals surface area contributed by atoms with Gasteiger partial charge in [-0.3, -0.25) is 14.8 Å². The Balaban J connectivity index is 1.85. The summed E-state index contributed by atoms with van der Waals surface area (Å²) in [6.07, 6.45) is 4.56. The van der Waals surface area contributed by atoms with Crippen LogP contribution in [0.15, 0.2) is 35.5 Å². The van der Waals surface area contributed by atoms with Crippen molar-refractivity contribution < 1.29 is 4.79 Å². The molecule has 2 heterocycles. The van der Waals surface area contributed by atoms with Crippen LogP contribution in [-0.4, -0.2) is 23.0 Å². The lowest BCUT2D eigenvalue weighted by Gasteiger charge is -2.10. The van der Waals surface area contributed by atoms with Gasteiger partial charge in [0.1, 0.15) is 6.04 Å². The van der Waals surface area contributed by atoms with E-state index in [1.54, 1.807) is 31.5 Å². The number of aliphatic imine (C=N–C) groups is 1. The number of nitrogens with zero attached hydrogens (tertiary/aromatic N) is 3. The van der Waals surface area contributed by atoms with Crippen molar-refractivity contribution in [2.75, 3.05) is 0 Å². The maximum absolute atomic E-state index is 12.4. The van der Waals surface area contributed by atoms with Crippen LogP contribution < -0.4 is 0 Å². The average molecular weight is 301 g/mol. The Hall–Kier alpha value is -2.98. The monoisotopic (exact) mass is 301 g/mol. The van der Waals surface area contributed by atoms with E-state index in [2.05, 4.69) is 27.9 Å². The highest BCUT2D eigenvalue weighted by atomic mass is 16.1. The number of carbonyl (C=O) groups is 1. The molecule has 0 N–H and O–H groups in total. The first-order valence-corrected chi connectivity index (χ1v) is 7.47. The number of hydrogen-bond donors (Lipinski definition) is 0. The first kappa shape index (κ1) is 14.9. The number of hydrogen-bond acceptors (Lipinski definition) is 4. The number of ketones is 1. The van der Waals surface area contributed by atoms with Crippen molar-refractivity contribution in [3.05, 3.63) is 41.6 Å². The molecule has 3 rings (SSSR count). The van der Waals surface area contributed by atoms with E-state index in [-0.39, 0.29) is 17.7 Å². The molecule has 0 saturated carbocycles. The van der Waals surface area contributed by atoms with E-state index in [0.29, 0.717) is 18.4 Å². The number of rotatable bonds is 3. The molecule has 4 nitrogen and oxygen atoms in total. The number of nitriles is 1. The van der Waals surface area contributed by atoms with Crippen LogP contribution >= 0.6 is 0 Å². The summed E-state index contributed by atoms with van der Waals surface area (Å²) in [6.45, 7) is 1.76. The molecule has 0 bridgehead atoms. The van der Waals surface area contributed by atoms with E-state index < -0.39 is 0 Å². The zero-order valence-electron chi connectivity index (χ0n) is 12.8. The third-order valence-corrected chi connectivity index (χ3v) is 4.01. The van der Waals surface area contributed by atoms with Gasteiger partial charge in [0.2, 0.25) is 0 Å². The maximum Gasteiger partial charge on any atom is 0.166 e. The highest BCUT2D eigenvalue weighted by Crippen LogP contribution is 2.24. The summed E-state index contributed by atoms with van der Waals surface area (Å²) in [6, 6.07) is 9.15. The van der Waals surface area contributed by atoms with Gasteiger partial charge in [0.15, 0.2) is 5.78 Å². The van der Waals surface area contributed by atoms with Gasteiger partial charge in [-0.05, 0) is 37.1 Å². The zero-order chi connectivity index (χ0) is 16.2. The fraction of sp³-hybridized carbons (Fsp3) is 0.263. The predicted molar refractivity (Wildman–Crippen MR) is 89.0 cm³/mol. The van der Waals surface area contributed by atoms with E-state index in [9.17, 15) is 4.79 Å². The Kier molecular flexibility index (Phi) is 4.17.